The predicted molar refractivity (Wildman–Crippen MR) is 54.7 cm³/mol. The van der Waals surface area contributed by atoms with Crippen LogP contribution >= 0.6 is 0 Å². The summed E-state index contributed by atoms with van der Waals surface area (Å²) >= 11 is 0. The Balaban J connectivity index is 2.86. The average Bonchev–Trinajstić information content (AvgIpc) is 2.04. The third kappa shape index (κ3) is 1.14. The Hall–Kier alpha value is -1.17. The van der Waals surface area contributed by atoms with E-state index >= 15 is 0 Å². The first-order chi connectivity index (χ1) is 5.77. The van der Waals surface area contributed by atoms with Crippen LogP contribution in [-0.4, -0.2) is 15.7 Å². The SMILES string of the molecule is [B]c1ccc2c([B])cccc2c1. The van der Waals surface area contributed by atoms with E-state index in [4.69, 9.17) is 15.7 Å². The Kier molecular flexibility index (Phi) is 1.69. The highest BCUT2D eigenvalue weighted by Gasteiger charge is 1.94. The largest absolute Gasteiger partial charge is 0.114 e. The molecular weight excluding hydrogens is 142 g/mol. The van der Waals surface area contributed by atoms with Crippen molar-refractivity contribution in [2.24, 2.45) is 0 Å². The molecule has 12 heavy (non-hydrogen) atoms. The summed E-state index contributed by atoms with van der Waals surface area (Å²) in [6.45, 7) is 0. The van der Waals surface area contributed by atoms with Gasteiger partial charge in [-0.2, -0.15) is 0 Å². The van der Waals surface area contributed by atoms with Gasteiger partial charge in [-0.3, -0.25) is 0 Å². The molecule has 0 aliphatic heterocycles. The molecule has 2 rings (SSSR count). The molecule has 0 aliphatic carbocycles. The van der Waals surface area contributed by atoms with Crippen molar-refractivity contribution in [3.8, 4) is 0 Å². The van der Waals surface area contributed by atoms with Crippen molar-refractivity contribution in [2.75, 3.05) is 0 Å². The lowest BCUT2D eigenvalue weighted by Crippen LogP contribution is -2.06. The van der Waals surface area contributed by atoms with Crippen molar-refractivity contribution in [3.63, 3.8) is 0 Å². The van der Waals surface area contributed by atoms with E-state index in [1.54, 1.807) is 0 Å². The van der Waals surface area contributed by atoms with E-state index in [0.29, 0.717) is 0 Å². The minimum absolute atomic E-state index is 0.771. The fourth-order valence-electron chi connectivity index (χ4n) is 1.33. The zero-order chi connectivity index (χ0) is 8.55. The number of hydrogen-bond donors (Lipinski definition) is 0. The molecule has 4 radical (unpaired) electrons. The summed E-state index contributed by atoms with van der Waals surface area (Å²) in [5.41, 5.74) is 1.57. The Bertz CT molecular complexity index is 421. The molecule has 0 fully saturated rings. The molecule has 0 amide bonds. The maximum atomic E-state index is 5.77. The van der Waals surface area contributed by atoms with E-state index in [1.165, 1.54) is 0 Å². The molecule has 0 spiro atoms. The lowest BCUT2D eigenvalue weighted by Gasteiger charge is -2.02. The van der Waals surface area contributed by atoms with Gasteiger partial charge in [-0.15, -0.1) is 0 Å². The first-order valence-corrected chi connectivity index (χ1v) is 3.81. The highest BCUT2D eigenvalue weighted by Crippen LogP contribution is 2.07. The number of rotatable bonds is 0. The smallest absolute Gasteiger partial charge is 0.0960 e. The molecule has 0 aromatic heterocycles. The van der Waals surface area contributed by atoms with Crippen molar-refractivity contribution < 1.29 is 0 Å². The van der Waals surface area contributed by atoms with E-state index in [-0.39, 0.29) is 0 Å². The molecule has 0 N–H and O–H groups in total. The first-order valence-electron chi connectivity index (χ1n) is 3.81. The summed E-state index contributed by atoms with van der Waals surface area (Å²) in [6.07, 6.45) is 0. The maximum absolute atomic E-state index is 5.77. The summed E-state index contributed by atoms with van der Waals surface area (Å²) in [4.78, 5) is 0. The second kappa shape index (κ2) is 2.71. The molecule has 0 atom stereocenters. The summed E-state index contributed by atoms with van der Waals surface area (Å²) in [7, 11) is 11.4. The highest BCUT2D eigenvalue weighted by molar-refractivity contribution is 6.39. The molecular formula is C10H6B2. The standard InChI is InChI=1S/C10H6B2/c11-8-4-5-9-7(6-8)2-1-3-10(9)12/h1-6H. The van der Waals surface area contributed by atoms with Crippen LogP contribution in [0.5, 0.6) is 0 Å². The molecule has 0 saturated carbocycles. The first kappa shape index (κ1) is 7.48. The normalized spacial score (nSPS) is 10.3. The van der Waals surface area contributed by atoms with Crippen LogP contribution in [0.2, 0.25) is 0 Å². The molecule has 0 bridgehead atoms. The number of fused-ring (bicyclic) bond motifs is 1. The molecule has 0 unspecified atom stereocenters. The summed E-state index contributed by atoms with van der Waals surface area (Å²) in [5.74, 6) is 0. The van der Waals surface area contributed by atoms with Crippen molar-refractivity contribution in [2.45, 2.75) is 0 Å². The van der Waals surface area contributed by atoms with Crippen LogP contribution < -0.4 is 10.9 Å². The van der Waals surface area contributed by atoms with Gasteiger partial charge in [0, 0.05) is 0 Å². The fraction of sp³-hybridized carbons (Fsp3) is 0. The monoisotopic (exact) mass is 148 g/mol. The molecule has 0 nitrogen and oxygen atoms in total. The van der Waals surface area contributed by atoms with Crippen LogP contribution in [0.15, 0.2) is 36.4 Å². The Morgan fingerprint density at radius 2 is 1.75 bits per heavy atom. The second-order valence-corrected chi connectivity index (χ2v) is 2.83. The van der Waals surface area contributed by atoms with Crippen LogP contribution in [0.4, 0.5) is 0 Å². The summed E-state index contributed by atoms with van der Waals surface area (Å²) in [5, 5.41) is 2.15. The van der Waals surface area contributed by atoms with Gasteiger partial charge in [-0.05, 0) is 10.8 Å². The van der Waals surface area contributed by atoms with Crippen molar-refractivity contribution >= 4 is 37.4 Å². The van der Waals surface area contributed by atoms with E-state index < -0.39 is 0 Å². The molecule has 0 heterocycles. The van der Waals surface area contributed by atoms with Crippen molar-refractivity contribution in [3.05, 3.63) is 36.4 Å². The maximum Gasteiger partial charge on any atom is 0.114 e. The second-order valence-electron chi connectivity index (χ2n) is 2.83. The zero-order valence-corrected chi connectivity index (χ0v) is 6.62. The fourth-order valence-corrected chi connectivity index (χ4v) is 1.33. The Morgan fingerprint density at radius 1 is 0.917 bits per heavy atom. The number of benzene rings is 2. The van der Waals surface area contributed by atoms with Gasteiger partial charge in [0.05, 0.1) is 0 Å². The zero-order valence-electron chi connectivity index (χ0n) is 6.62. The summed E-state index contributed by atoms with van der Waals surface area (Å²) in [6, 6.07) is 11.5. The minimum Gasteiger partial charge on any atom is -0.0960 e. The van der Waals surface area contributed by atoms with Crippen LogP contribution in [0, 0.1) is 0 Å². The van der Waals surface area contributed by atoms with E-state index in [9.17, 15) is 0 Å². The summed E-state index contributed by atoms with van der Waals surface area (Å²) < 4.78 is 0. The van der Waals surface area contributed by atoms with Crippen LogP contribution in [0.1, 0.15) is 0 Å². The topological polar surface area (TPSA) is 0 Å². The van der Waals surface area contributed by atoms with Crippen LogP contribution in [0.3, 0.4) is 0 Å². The van der Waals surface area contributed by atoms with Gasteiger partial charge in [-0.25, -0.2) is 0 Å². The van der Waals surface area contributed by atoms with Gasteiger partial charge in [-0.1, -0.05) is 47.3 Å². The van der Waals surface area contributed by atoms with Gasteiger partial charge >= 0.3 is 0 Å². The van der Waals surface area contributed by atoms with Gasteiger partial charge in [0.1, 0.15) is 15.7 Å². The lowest BCUT2D eigenvalue weighted by molar-refractivity contribution is 1.82. The van der Waals surface area contributed by atoms with Gasteiger partial charge in [0.2, 0.25) is 0 Å². The Morgan fingerprint density at radius 3 is 2.58 bits per heavy atom. The molecule has 2 heteroatoms. The molecule has 2 aromatic carbocycles. The lowest BCUT2D eigenvalue weighted by atomic mass is 9.87. The van der Waals surface area contributed by atoms with Crippen LogP contribution in [-0.2, 0) is 0 Å². The van der Waals surface area contributed by atoms with Crippen LogP contribution in [0.25, 0.3) is 10.8 Å². The predicted octanol–water partition coefficient (Wildman–Crippen LogP) is 0.427. The highest BCUT2D eigenvalue weighted by atomic mass is 14.0. The molecule has 0 saturated heterocycles. The molecule has 52 valence electrons. The average molecular weight is 148 g/mol. The van der Waals surface area contributed by atoms with Crippen molar-refractivity contribution in [1.29, 1.82) is 0 Å². The van der Waals surface area contributed by atoms with E-state index in [0.717, 1.165) is 21.7 Å². The molecule has 2 aromatic rings. The Labute approximate surface area is 74.4 Å². The van der Waals surface area contributed by atoms with Crippen molar-refractivity contribution in [1.82, 2.24) is 0 Å². The van der Waals surface area contributed by atoms with E-state index in [2.05, 4.69) is 0 Å². The number of hydrogen-bond acceptors (Lipinski definition) is 0. The van der Waals surface area contributed by atoms with Gasteiger partial charge < -0.3 is 0 Å². The third-order valence-electron chi connectivity index (χ3n) is 1.94. The van der Waals surface area contributed by atoms with Gasteiger partial charge in [0.25, 0.3) is 0 Å². The minimum atomic E-state index is 0.771. The van der Waals surface area contributed by atoms with E-state index in [1.807, 2.05) is 36.4 Å². The van der Waals surface area contributed by atoms with Gasteiger partial charge in [0.15, 0.2) is 0 Å². The third-order valence-corrected chi connectivity index (χ3v) is 1.94. The quantitative estimate of drug-likeness (QED) is 0.475. The molecule has 0 aliphatic rings.